The summed E-state index contributed by atoms with van der Waals surface area (Å²) in [5, 5.41) is 0.685. The molecule has 1 saturated heterocycles. The molecule has 0 spiro atoms. The van der Waals surface area contributed by atoms with Crippen LogP contribution in [0.4, 0.5) is 4.79 Å². The SMILES string of the molecule is CCCN1C(=O)S/C(=C/c2cc(OC)c(OCc3ccc(Cl)c(Cl)c3)cc2Br)C1=O. The van der Waals surface area contributed by atoms with Crippen molar-refractivity contribution >= 4 is 68.1 Å². The second-order valence-corrected chi connectivity index (χ2v) is 9.06. The van der Waals surface area contributed by atoms with Crippen LogP contribution in [0.3, 0.4) is 0 Å². The molecule has 1 aliphatic rings. The molecule has 9 heteroatoms. The first-order chi connectivity index (χ1) is 14.3. The summed E-state index contributed by atoms with van der Waals surface area (Å²) in [4.78, 5) is 26.2. The van der Waals surface area contributed by atoms with Crippen molar-refractivity contribution in [3.8, 4) is 11.5 Å². The van der Waals surface area contributed by atoms with Gasteiger partial charge in [-0.3, -0.25) is 14.5 Å². The lowest BCUT2D eigenvalue weighted by Gasteiger charge is -2.13. The number of benzene rings is 2. The Labute approximate surface area is 197 Å². The van der Waals surface area contributed by atoms with Gasteiger partial charge in [0.05, 0.1) is 22.1 Å². The summed E-state index contributed by atoms with van der Waals surface area (Å²) >= 11 is 16.4. The van der Waals surface area contributed by atoms with Crippen molar-refractivity contribution in [2.45, 2.75) is 20.0 Å². The highest BCUT2D eigenvalue weighted by Gasteiger charge is 2.34. The van der Waals surface area contributed by atoms with E-state index in [0.717, 1.165) is 17.3 Å². The topological polar surface area (TPSA) is 55.8 Å². The first-order valence-electron chi connectivity index (χ1n) is 9.03. The number of methoxy groups -OCH3 is 1. The smallest absolute Gasteiger partial charge is 0.293 e. The summed E-state index contributed by atoms with van der Waals surface area (Å²) in [6, 6.07) is 8.80. The van der Waals surface area contributed by atoms with E-state index in [9.17, 15) is 9.59 Å². The lowest BCUT2D eigenvalue weighted by atomic mass is 10.1. The molecule has 2 aromatic rings. The summed E-state index contributed by atoms with van der Waals surface area (Å²) < 4.78 is 12.0. The van der Waals surface area contributed by atoms with Gasteiger partial charge in [0.2, 0.25) is 0 Å². The largest absolute Gasteiger partial charge is 0.493 e. The van der Waals surface area contributed by atoms with Crippen molar-refractivity contribution in [1.82, 2.24) is 4.90 Å². The zero-order valence-corrected chi connectivity index (χ0v) is 20.1. The molecule has 0 aromatic heterocycles. The Morgan fingerprint density at radius 2 is 1.90 bits per heavy atom. The molecule has 0 radical (unpaired) electrons. The van der Waals surface area contributed by atoms with Gasteiger partial charge in [0.1, 0.15) is 6.61 Å². The van der Waals surface area contributed by atoms with E-state index in [1.54, 1.807) is 30.3 Å². The molecule has 0 saturated carbocycles. The lowest BCUT2D eigenvalue weighted by Crippen LogP contribution is -2.28. The van der Waals surface area contributed by atoms with E-state index in [0.29, 0.717) is 49.5 Å². The number of hydrogen-bond acceptors (Lipinski definition) is 5. The molecule has 30 heavy (non-hydrogen) atoms. The maximum Gasteiger partial charge on any atom is 0.293 e. The van der Waals surface area contributed by atoms with E-state index < -0.39 is 0 Å². The third kappa shape index (κ3) is 5.14. The molecule has 1 aliphatic heterocycles. The molecule has 1 fully saturated rings. The minimum absolute atomic E-state index is 0.252. The number of hydrogen-bond donors (Lipinski definition) is 0. The van der Waals surface area contributed by atoms with Crippen LogP contribution in [0.2, 0.25) is 10.0 Å². The molecular weight excluding hydrogens is 513 g/mol. The van der Waals surface area contributed by atoms with Gasteiger partial charge in [0.15, 0.2) is 11.5 Å². The van der Waals surface area contributed by atoms with Crippen LogP contribution >= 0.6 is 50.9 Å². The Morgan fingerprint density at radius 1 is 1.13 bits per heavy atom. The van der Waals surface area contributed by atoms with Gasteiger partial charge in [-0.2, -0.15) is 0 Å². The molecule has 2 amide bonds. The zero-order chi connectivity index (χ0) is 21.8. The van der Waals surface area contributed by atoms with E-state index in [-0.39, 0.29) is 17.8 Å². The van der Waals surface area contributed by atoms with Crippen LogP contribution in [-0.4, -0.2) is 29.7 Å². The first kappa shape index (κ1) is 23.0. The molecule has 0 bridgehead atoms. The summed E-state index contributed by atoms with van der Waals surface area (Å²) in [5.74, 6) is 0.738. The van der Waals surface area contributed by atoms with E-state index in [4.69, 9.17) is 32.7 Å². The summed E-state index contributed by atoms with van der Waals surface area (Å²) in [6.45, 7) is 2.61. The van der Waals surface area contributed by atoms with Crippen molar-refractivity contribution in [1.29, 1.82) is 0 Å². The van der Waals surface area contributed by atoms with Gasteiger partial charge in [0, 0.05) is 11.0 Å². The second kappa shape index (κ2) is 10.1. The van der Waals surface area contributed by atoms with Gasteiger partial charge in [0.25, 0.3) is 11.1 Å². The Bertz CT molecular complexity index is 1030. The highest BCUT2D eigenvalue weighted by Crippen LogP contribution is 2.38. The fraction of sp³-hybridized carbons (Fsp3) is 0.238. The third-order valence-corrected chi connectivity index (χ3v) is 6.60. The molecule has 3 rings (SSSR count). The highest BCUT2D eigenvalue weighted by atomic mass is 79.9. The zero-order valence-electron chi connectivity index (χ0n) is 16.2. The van der Waals surface area contributed by atoms with Gasteiger partial charge in [-0.1, -0.05) is 52.1 Å². The maximum atomic E-state index is 12.5. The van der Waals surface area contributed by atoms with Gasteiger partial charge in [-0.15, -0.1) is 0 Å². The Morgan fingerprint density at radius 3 is 2.57 bits per heavy atom. The number of carbonyl (C=O) groups is 2. The van der Waals surface area contributed by atoms with Crippen LogP contribution in [-0.2, 0) is 11.4 Å². The van der Waals surface area contributed by atoms with Crippen LogP contribution in [0.15, 0.2) is 39.7 Å². The summed E-state index contributed by atoms with van der Waals surface area (Å²) in [6.07, 6.45) is 2.39. The van der Waals surface area contributed by atoms with Crippen molar-refractivity contribution in [3.05, 3.63) is 60.9 Å². The van der Waals surface area contributed by atoms with E-state index in [1.807, 2.05) is 13.0 Å². The van der Waals surface area contributed by atoms with Gasteiger partial charge in [-0.25, -0.2) is 0 Å². The predicted molar refractivity (Wildman–Crippen MR) is 124 cm³/mol. The Balaban J connectivity index is 1.82. The number of rotatable bonds is 7. The quantitative estimate of drug-likeness (QED) is 0.369. The average molecular weight is 531 g/mol. The van der Waals surface area contributed by atoms with Gasteiger partial charge in [-0.05, 0) is 59.7 Å². The van der Waals surface area contributed by atoms with Crippen molar-refractivity contribution in [3.63, 3.8) is 0 Å². The minimum Gasteiger partial charge on any atom is -0.493 e. The Hall–Kier alpha value is -1.67. The van der Waals surface area contributed by atoms with Crippen molar-refractivity contribution in [2.24, 2.45) is 0 Å². The van der Waals surface area contributed by atoms with E-state index >= 15 is 0 Å². The van der Waals surface area contributed by atoms with Gasteiger partial charge >= 0.3 is 0 Å². The fourth-order valence-electron chi connectivity index (χ4n) is 2.78. The molecule has 0 aliphatic carbocycles. The monoisotopic (exact) mass is 529 g/mol. The molecule has 5 nitrogen and oxygen atoms in total. The fourth-order valence-corrected chi connectivity index (χ4v) is 4.40. The molecule has 2 aromatic carbocycles. The number of amides is 2. The maximum absolute atomic E-state index is 12.5. The Kier molecular flexibility index (Phi) is 7.74. The van der Waals surface area contributed by atoms with E-state index in [2.05, 4.69) is 15.9 Å². The molecule has 0 unspecified atom stereocenters. The molecule has 0 N–H and O–H groups in total. The van der Waals surface area contributed by atoms with Gasteiger partial charge < -0.3 is 9.47 Å². The summed E-state index contributed by atoms with van der Waals surface area (Å²) in [5.41, 5.74) is 1.56. The van der Waals surface area contributed by atoms with Crippen LogP contribution in [0, 0.1) is 0 Å². The van der Waals surface area contributed by atoms with Crippen LogP contribution in [0.25, 0.3) is 6.08 Å². The molecular formula is C21H18BrCl2NO4S. The number of imide groups is 1. The molecule has 1 heterocycles. The normalized spacial score (nSPS) is 15.2. The third-order valence-electron chi connectivity index (χ3n) is 4.27. The minimum atomic E-state index is -0.280. The first-order valence-corrected chi connectivity index (χ1v) is 11.4. The van der Waals surface area contributed by atoms with Crippen LogP contribution in [0.1, 0.15) is 24.5 Å². The number of carbonyl (C=O) groups excluding carboxylic acids is 2. The second-order valence-electron chi connectivity index (χ2n) is 6.40. The molecule has 158 valence electrons. The average Bonchev–Trinajstić information content (AvgIpc) is 2.98. The predicted octanol–water partition coefficient (Wildman–Crippen LogP) is 6.79. The number of thioether (sulfide) groups is 1. The van der Waals surface area contributed by atoms with Crippen molar-refractivity contribution < 1.29 is 19.1 Å². The van der Waals surface area contributed by atoms with Crippen LogP contribution < -0.4 is 9.47 Å². The highest BCUT2D eigenvalue weighted by molar-refractivity contribution is 9.10. The number of nitrogens with zero attached hydrogens (tertiary/aromatic N) is 1. The standard InChI is InChI=1S/C21H18BrCl2NO4S/c1-3-6-25-20(26)19(30-21(25)27)9-13-8-17(28-2)18(10-14(13)22)29-11-12-4-5-15(23)16(24)7-12/h4-5,7-10H,3,6,11H2,1-2H3/b19-9+. The van der Waals surface area contributed by atoms with E-state index in [1.165, 1.54) is 12.0 Å². The number of ether oxygens (including phenoxy) is 2. The summed E-state index contributed by atoms with van der Waals surface area (Å²) in [7, 11) is 1.54. The lowest BCUT2D eigenvalue weighted by molar-refractivity contribution is -0.122. The number of halogens is 3. The van der Waals surface area contributed by atoms with Crippen molar-refractivity contribution in [2.75, 3.05) is 13.7 Å². The molecule has 0 atom stereocenters. The van der Waals surface area contributed by atoms with Crippen LogP contribution in [0.5, 0.6) is 11.5 Å².